The molecule has 1 rings (SSSR count). The van der Waals surface area contributed by atoms with Crippen LogP contribution in [0.3, 0.4) is 0 Å². The summed E-state index contributed by atoms with van der Waals surface area (Å²) in [5.74, 6) is 0.647. The van der Waals surface area contributed by atoms with Gasteiger partial charge >= 0.3 is 0 Å². The number of thiocarbonyl (C=S) groups is 1. The van der Waals surface area contributed by atoms with Crippen molar-refractivity contribution in [1.29, 1.82) is 0 Å². The maximum Gasteiger partial charge on any atom is 0.159 e. The number of nitrogens with two attached hydrogens (primary N) is 1. The third-order valence-electron chi connectivity index (χ3n) is 2.84. The van der Waals surface area contributed by atoms with E-state index in [0.29, 0.717) is 17.4 Å². The lowest BCUT2D eigenvalue weighted by molar-refractivity contribution is 0.191. The molecule has 1 heterocycles. The van der Waals surface area contributed by atoms with E-state index in [1.807, 2.05) is 13.8 Å². The van der Waals surface area contributed by atoms with Gasteiger partial charge in [-0.25, -0.2) is 0 Å². The zero-order valence-electron chi connectivity index (χ0n) is 11.3. The molecule has 18 heavy (non-hydrogen) atoms. The van der Waals surface area contributed by atoms with Crippen molar-refractivity contribution in [2.45, 2.75) is 33.2 Å². The predicted octanol–water partition coefficient (Wildman–Crippen LogP) is 1.56. The maximum atomic E-state index is 5.76. The average molecular weight is 268 g/mol. The second-order valence-corrected chi connectivity index (χ2v) is 4.76. The number of nitrogens with zero attached hydrogens (tertiary/aromatic N) is 2. The summed E-state index contributed by atoms with van der Waals surface area (Å²) < 4.78 is 5.04. The van der Waals surface area contributed by atoms with Crippen molar-refractivity contribution in [3.63, 3.8) is 0 Å². The van der Waals surface area contributed by atoms with Crippen LogP contribution in [0.15, 0.2) is 0 Å². The van der Waals surface area contributed by atoms with Crippen molar-refractivity contribution >= 4 is 23.0 Å². The Hall–Kier alpha value is -1.27. The molecule has 0 spiro atoms. The third kappa shape index (κ3) is 3.61. The Balaban J connectivity index is 2.95. The number of aryl methyl sites for hydroxylation is 1. The van der Waals surface area contributed by atoms with Crippen molar-refractivity contribution in [2.24, 2.45) is 5.73 Å². The molecule has 0 aliphatic rings. The first-order valence-electron chi connectivity index (χ1n) is 5.86. The Labute approximate surface area is 113 Å². The summed E-state index contributed by atoms with van der Waals surface area (Å²) in [5, 5.41) is 11.5. The van der Waals surface area contributed by atoms with E-state index in [1.54, 1.807) is 7.11 Å². The van der Waals surface area contributed by atoms with Crippen molar-refractivity contribution in [2.75, 3.05) is 19.0 Å². The molecule has 1 aromatic heterocycles. The first-order chi connectivity index (χ1) is 8.47. The number of nitrogens with one attached hydrogen (secondary N) is 1. The van der Waals surface area contributed by atoms with E-state index in [4.69, 9.17) is 22.7 Å². The maximum absolute atomic E-state index is 5.76. The molecule has 0 saturated carbocycles. The van der Waals surface area contributed by atoms with Gasteiger partial charge in [0.25, 0.3) is 0 Å². The van der Waals surface area contributed by atoms with Crippen molar-refractivity contribution < 1.29 is 4.74 Å². The molecule has 0 radical (unpaired) electrons. The van der Waals surface area contributed by atoms with Gasteiger partial charge in [0.05, 0.1) is 11.3 Å². The molecule has 0 fully saturated rings. The number of aromatic nitrogens is 2. The largest absolute Gasteiger partial charge is 0.389 e. The molecule has 1 unspecified atom stereocenters. The van der Waals surface area contributed by atoms with Crippen LogP contribution in [0.4, 0.5) is 5.82 Å². The Morgan fingerprint density at radius 2 is 2.11 bits per heavy atom. The summed E-state index contributed by atoms with van der Waals surface area (Å²) in [4.78, 5) is 0.340. The summed E-state index contributed by atoms with van der Waals surface area (Å²) in [5.41, 5.74) is 8.35. The van der Waals surface area contributed by atoms with E-state index in [1.165, 1.54) is 0 Å². The lowest BCUT2D eigenvalue weighted by Gasteiger charge is -2.17. The molecule has 0 aliphatic heterocycles. The summed E-state index contributed by atoms with van der Waals surface area (Å²) in [6.45, 7) is 6.58. The smallest absolute Gasteiger partial charge is 0.159 e. The Kier molecular flexibility index (Phi) is 5.43. The molecule has 0 bridgehead atoms. The van der Waals surface area contributed by atoms with E-state index in [0.717, 1.165) is 23.2 Å². The summed E-state index contributed by atoms with van der Waals surface area (Å²) in [7, 11) is 1.68. The van der Waals surface area contributed by atoms with Crippen molar-refractivity contribution in [1.82, 2.24) is 10.2 Å². The van der Waals surface area contributed by atoms with E-state index >= 15 is 0 Å². The highest BCUT2D eigenvalue weighted by Crippen LogP contribution is 2.19. The average Bonchev–Trinajstić information content (AvgIpc) is 2.31. The minimum absolute atomic E-state index is 0.217. The highest BCUT2D eigenvalue weighted by molar-refractivity contribution is 7.80. The van der Waals surface area contributed by atoms with Crippen LogP contribution in [0.5, 0.6) is 0 Å². The second-order valence-electron chi connectivity index (χ2n) is 4.33. The zero-order chi connectivity index (χ0) is 13.7. The van der Waals surface area contributed by atoms with Crippen LogP contribution in [0.25, 0.3) is 0 Å². The van der Waals surface area contributed by atoms with Gasteiger partial charge in [-0.3, -0.25) is 0 Å². The van der Waals surface area contributed by atoms with Crippen LogP contribution in [-0.2, 0) is 4.74 Å². The fraction of sp³-hybridized carbons (Fsp3) is 0.583. The van der Waals surface area contributed by atoms with Crippen LogP contribution < -0.4 is 11.1 Å². The van der Waals surface area contributed by atoms with Gasteiger partial charge < -0.3 is 15.8 Å². The number of hydrogen-bond donors (Lipinski definition) is 2. The normalized spacial score (nSPS) is 12.2. The van der Waals surface area contributed by atoms with Gasteiger partial charge in [0.15, 0.2) is 5.82 Å². The minimum Gasteiger partial charge on any atom is -0.389 e. The van der Waals surface area contributed by atoms with Crippen LogP contribution in [0.1, 0.15) is 30.2 Å². The molecule has 100 valence electrons. The second kappa shape index (κ2) is 6.61. The van der Waals surface area contributed by atoms with Gasteiger partial charge in [-0.1, -0.05) is 12.2 Å². The SMILES string of the molecule is COCCC(C)Nc1nnc(C)c(C)c1C(N)=S. The van der Waals surface area contributed by atoms with Gasteiger partial charge in [0.2, 0.25) is 0 Å². The molecule has 0 aliphatic carbocycles. The fourth-order valence-electron chi connectivity index (χ4n) is 1.61. The predicted molar refractivity (Wildman–Crippen MR) is 77.0 cm³/mol. The van der Waals surface area contributed by atoms with Gasteiger partial charge in [-0.15, -0.1) is 5.10 Å². The number of ether oxygens (including phenoxy) is 1. The standard InChI is InChI=1S/C12H20N4OS/c1-7(5-6-17-4)14-12-10(11(13)18)8(2)9(3)15-16-12/h7H,5-6H2,1-4H3,(H2,13,18)(H,14,16). The first-order valence-corrected chi connectivity index (χ1v) is 6.27. The third-order valence-corrected chi connectivity index (χ3v) is 3.04. The quantitative estimate of drug-likeness (QED) is 0.763. The number of anilines is 1. The van der Waals surface area contributed by atoms with Gasteiger partial charge in [0, 0.05) is 19.8 Å². The molecule has 0 amide bonds. The molecule has 6 heteroatoms. The van der Waals surface area contributed by atoms with Gasteiger partial charge in [0.1, 0.15) is 4.99 Å². The molecule has 3 N–H and O–H groups in total. The number of rotatable bonds is 6. The van der Waals surface area contributed by atoms with Crippen LogP contribution >= 0.6 is 12.2 Å². The number of hydrogen-bond acceptors (Lipinski definition) is 5. The fourth-order valence-corrected chi connectivity index (χ4v) is 1.86. The highest BCUT2D eigenvalue weighted by Gasteiger charge is 2.15. The Bertz CT molecular complexity index is 436. The molecule has 5 nitrogen and oxygen atoms in total. The molecule has 1 aromatic rings. The van der Waals surface area contributed by atoms with Crippen LogP contribution in [0, 0.1) is 13.8 Å². The van der Waals surface area contributed by atoms with Crippen molar-refractivity contribution in [3.8, 4) is 0 Å². The molecule has 1 atom stereocenters. The molecule has 0 saturated heterocycles. The molecular formula is C12H20N4OS. The van der Waals surface area contributed by atoms with E-state index < -0.39 is 0 Å². The molecular weight excluding hydrogens is 248 g/mol. The Morgan fingerprint density at radius 3 is 2.67 bits per heavy atom. The summed E-state index contributed by atoms with van der Waals surface area (Å²) in [6, 6.07) is 0.217. The summed E-state index contributed by atoms with van der Waals surface area (Å²) in [6.07, 6.45) is 0.877. The topological polar surface area (TPSA) is 73.1 Å². The highest BCUT2D eigenvalue weighted by atomic mass is 32.1. The van der Waals surface area contributed by atoms with E-state index in [2.05, 4.69) is 22.4 Å². The monoisotopic (exact) mass is 268 g/mol. The number of methoxy groups -OCH3 is 1. The Morgan fingerprint density at radius 1 is 1.44 bits per heavy atom. The van der Waals surface area contributed by atoms with E-state index in [-0.39, 0.29) is 6.04 Å². The van der Waals surface area contributed by atoms with Gasteiger partial charge in [-0.2, -0.15) is 5.10 Å². The van der Waals surface area contributed by atoms with Crippen LogP contribution in [0.2, 0.25) is 0 Å². The van der Waals surface area contributed by atoms with Gasteiger partial charge in [-0.05, 0) is 32.8 Å². The lowest BCUT2D eigenvalue weighted by atomic mass is 10.1. The van der Waals surface area contributed by atoms with Crippen molar-refractivity contribution in [3.05, 3.63) is 16.8 Å². The molecule has 0 aromatic carbocycles. The lowest BCUT2D eigenvalue weighted by Crippen LogP contribution is -2.23. The first kappa shape index (κ1) is 14.8. The van der Waals surface area contributed by atoms with Crippen LogP contribution in [-0.4, -0.2) is 34.9 Å². The summed E-state index contributed by atoms with van der Waals surface area (Å²) >= 11 is 5.08. The van der Waals surface area contributed by atoms with E-state index in [9.17, 15) is 0 Å². The zero-order valence-corrected chi connectivity index (χ0v) is 12.1. The minimum atomic E-state index is 0.217.